The summed E-state index contributed by atoms with van der Waals surface area (Å²) in [6, 6.07) is 3.65. The van der Waals surface area contributed by atoms with Gasteiger partial charge in [0.2, 0.25) is 0 Å². The van der Waals surface area contributed by atoms with Crippen LogP contribution in [-0.2, 0) is 23.8 Å². The highest BCUT2D eigenvalue weighted by Crippen LogP contribution is 2.18. The number of nitrogens with two attached hydrogens (primary N) is 1. The molecular weight excluding hydrogens is 356 g/mol. The number of hydrogen-bond acceptors (Lipinski definition) is 9. The van der Waals surface area contributed by atoms with E-state index in [1.54, 1.807) is 6.07 Å². The lowest BCUT2D eigenvalue weighted by molar-refractivity contribution is -0.147. The van der Waals surface area contributed by atoms with Gasteiger partial charge in [-0.3, -0.25) is 10.1 Å². The van der Waals surface area contributed by atoms with Crippen molar-refractivity contribution in [3.05, 3.63) is 12.7 Å². The molecule has 0 saturated carbocycles. The van der Waals surface area contributed by atoms with Crippen LogP contribution in [0.1, 0.15) is 19.3 Å². The van der Waals surface area contributed by atoms with Crippen molar-refractivity contribution < 1.29 is 28.9 Å². The molecule has 2 aliphatic heterocycles. The lowest BCUT2D eigenvalue weighted by Crippen LogP contribution is -2.53. The van der Waals surface area contributed by atoms with E-state index in [0.717, 1.165) is 0 Å². The molecule has 2 aliphatic rings. The third-order valence-corrected chi connectivity index (χ3v) is 3.87. The van der Waals surface area contributed by atoms with Crippen LogP contribution >= 0.6 is 0 Å². The molecule has 150 valence electrons. The Hall–Kier alpha value is -2.50. The number of hydrogen-bond donors (Lipinski definition) is 3. The predicted molar refractivity (Wildman–Crippen MR) is 94.2 cm³/mol. The molecule has 2 saturated heterocycles. The molecule has 2 unspecified atom stereocenters. The van der Waals surface area contributed by atoms with E-state index in [4.69, 9.17) is 30.8 Å². The number of aliphatic carboxylic acids is 1. The number of carbonyl (C=O) groups excluding carboxylic acids is 1. The van der Waals surface area contributed by atoms with E-state index in [1.807, 2.05) is 6.07 Å². The molecule has 0 aromatic heterocycles. The minimum atomic E-state index is -0.961. The van der Waals surface area contributed by atoms with Crippen LogP contribution in [0.5, 0.6) is 0 Å². The van der Waals surface area contributed by atoms with E-state index < -0.39 is 17.0 Å². The van der Waals surface area contributed by atoms with Gasteiger partial charge in [0.25, 0.3) is 0 Å². The Morgan fingerprint density at radius 2 is 1.93 bits per heavy atom. The van der Waals surface area contributed by atoms with Crippen molar-refractivity contribution in [2.75, 3.05) is 40.1 Å². The fourth-order valence-electron chi connectivity index (χ4n) is 2.25. The zero-order valence-corrected chi connectivity index (χ0v) is 15.4. The minimum absolute atomic E-state index is 0.188. The van der Waals surface area contributed by atoms with Crippen LogP contribution in [0.2, 0.25) is 0 Å². The Bertz CT molecular complexity index is 569. The van der Waals surface area contributed by atoms with E-state index in [2.05, 4.69) is 16.6 Å². The van der Waals surface area contributed by atoms with Crippen LogP contribution in [0.25, 0.3) is 0 Å². The molecule has 2 rings (SSSR count). The smallest absolute Gasteiger partial charge is 0.328 e. The Morgan fingerprint density at radius 1 is 1.33 bits per heavy atom. The zero-order chi connectivity index (χ0) is 20.8. The third-order valence-electron chi connectivity index (χ3n) is 3.87. The fraction of sp³-hybridized carbons (Fsp3) is 0.647. The van der Waals surface area contributed by atoms with Crippen LogP contribution in [0, 0.1) is 22.7 Å². The molecule has 27 heavy (non-hydrogen) atoms. The van der Waals surface area contributed by atoms with Gasteiger partial charge in [0, 0.05) is 45.1 Å². The molecule has 4 N–H and O–H groups in total. The number of nitrogens with one attached hydrogen (secondary N) is 1. The molecule has 2 fully saturated rings. The fourth-order valence-corrected chi connectivity index (χ4v) is 2.25. The summed E-state index contributed by atoms with van der Waals surface area (Å²) in [6.07, 6.45) is 2.52. The molecule has 0 bridgehead atoms. The van der Waals surface area contributed by atoms with Crippen LogP contribution in [0.3, 0.4) is 0 Å². The lowest BCUT2D eigenvalue weighted by atomic mass is 9.99. The number of carbonyl (C=O) groups is 2. The molecule has 0 aliphatic carbocycles. The SMILES string of the molecule is C=CC#N.COC(=O)C1(N)CCOC1.N#CCCNC1(C(=O)O)CCOC1. The molecule has 0 aromatic carbocycles. The maximum absolute atomic E-state index is 10.9. The molecule has 10 heteroatoms. The first kappa shape index (κ1) is 24.5. The van der Waals surface area contributed by atoms with Gasteiger partial charge >= 0.3 is 11.9 Å². The van der Waals surface area contributed by atoms with Crippen LogP contribution in [-0.4, -0.2) is 68.2 Å². The van der Waals surface area contributed by atoms with Crippen LogP contribution in [0.4, 0.5) is 0 Å². The van der Waals surface area contributed by atoms with Gasteiger partial charge < -0.3 is 25.1 Å². The molecular formula is C17H26N4O6. The third kappa shape index (κ3) is 8.15. The van der Waals surface area contributed by atoms with Crippen molar-refractivity contribution in [2.45, 2.75) is 30.3 Å². The van der Waals surface area contributed by atoms with Crippen molar-refractivity contribution in [2.24, 2.45) is 5.73 Å². The first-order valence-electron chi connectivity index (χ1n) is 8.20. The summed E-state index contributed by atoms with van der Waals surface area (Å²) in [5.74, 6) is -1.28. The zero-order valence-electron chi connectivity index (χ0n) is 15.4. The second kappa shape index (κ2) is 12.8. The van der Waals surface area contributed by atoms with Gasteiger partial charge in [-0.2, -0.15) is 10.5 Å². The van der Waals surface area contributed by atoms with E-state index in [-0.39, 0.29) is 19.2 Å². The highest BCUT2D eigenvalue weighted by molar-refractivity contribution is 5.81. The number of esters is 1. The summed E-state index contributed by atoms with van der Waals surface area (Å²) in [4.78, 5) is 21.8. The standard InChI is InChI=1S/C8H12N2O3.C6H11NO3.C3H3N/c9-3-1-4-10-8(7(11)12)2-5-13-6-8;1-9-5(8)6(7)2-3-10-4-6;1-2-3-4/h10H,1-2,4-6H2,(H,11,12);2-4,7H2,1H3;2H,1H2. The van der Waals surface area contributed by atoms with Gasteiger partial charge in [0.1, 0.15) is 11.1 Å². The van der Waals surface area contributed by atoms with E-state index in [0.29, 0.717) is 39.0 Å². The number of ether oxygens (including phenoxy) is 3. The van der Waals surface area contributed by atoms with Crippen molar-refractivity contribution in [1.82, 2.24) is 5.32 Å². The largest absolute Gasteiger partial charge is 0.480 e. The van der Waals surface area contributed by atoms with Crippen LogP contribution < -0.4 is 11.1 Å². The number of methoxy groups -OCH3 is 1. The van der Waals surface area contributed by atoms with Gasteiger partial charge in [0.15, 0.2) is 0 Å². The quantitative estimate of drug-likeness (QED) is 0.326. The number of carboxylic acids is 1. The average Bonchev–Trinajstić information content (AvgIpc) is 3.33. The topological polar surface area (TPSA) is 168 Å². The second-order valence-corrected chi connectivity index (χ2v) is 5.81. The maximum Gasteiger partial charge on any atom is 0.328 e. The summed E-state index contributed by atoms with van der Waals surface area (Å²) in [7, 11) is 1.33. The van der Waals surface area contributed by atoms with Gasteiger partial charge in [0.05, 0.1) is 32.5 Å². The number of nitrogens with zero attached hydrogens (tertiary/aromatic N) is 2. The van der Waals surface area contributed by atoms with Crippen LogP contribution in [0.15, 0.2) is 12.7 Å². The van der Waals surface area contributed by atoms with Gasteiger partial charge in [-0.25, -0.2) is 4.79 Å². The number of rotatable bonds is 5. The van der Waals surface area contributed by atoms with Crippen molar-refractivity contribution in [1.29, 1.82) is 10.5 Å². The summed E-state index contributed by atoms with van der Waals surface area (Å²) >= 11 is 0. The first-order valence-corrected chi connectivity index (χ1v) is 8.20. The highest BCUT2D eigenvalue weighted by atomic mass is 16.5. The Labute approximate surface area is 158 Å². The number of nitriles is 2. The van der Waals surface area contributed by atoms with Gasteiger partial charge in [-0.15, -0.1) is 0 Å². The number of carboxylic acid groups (broad SMARTS) is 1. The van der Waals surface area contributed by atoms with Crippen molar-refractivity contribution in [3.8, 4) is 12.1 Å². The lowest BCUT2D eigenvalue weighted by Gasteiger charge is -2.22. The van der Waals surface area contributed by atoms with Crippen molar-refractivity contribution in [3.63, 3.8) is 0 Å². The van der Waals surface area contributed by atoms with Gasteiger partial charge in [-0.1, -0.05) is 6.58 Å². The summed E-state index contributed by atoms with van der Waals surface area (Å²) in [6.45, 7) is 4.99. The Balaban J connectivity index is 0.000000428. The monoisotopic (exact) mass is 382 g/mol. The van der Waals surface area contributed by atoms with E-state index in [1.165, 1.54) is 13.2 Å². The average molecular weight is 382 g/mol. The maximum atomic E-state index is 10.9. The molecule has 0 spiro atoms. The Morgan fingerprint density at radius 3 is 2.30 bits per heavy atom. The van der Waals surface area contributed by atoms with E-state index in [9.17, 15) is 9.59 Å². The molecule has 0 aromatic rings. The minimum Gasteiger partial charge on any atom is -0.480 e. The van der Waals surface area contributed by atoms with E-state index >= 15 is 0 Å². The molecule has 0 radical (unpaired) electrons. The number of allylic oxidation sites excluding steroid dienone is 1. The second-order valence-electron chi connectivity index (χ2n) is 5.81. The molecule has 2 atom stereocenters. The predicted octanol–water partition coefficient (Wildman–Crippen LogP) is -0.293. The molecule has 10 nitrogen and oxygen atoms in total. The van der Waals surface area contributed by atoms with Crippen molar-refractivity contribution >= 4 is 11.9 Å². The first-order chi connectivity index (χ1) is 12.8. The Kier molecular flexibility index (Phi) is 11.6. The molecule has 2 heterocycles. The summed E-state index contributed by atoms with van der Waals surface area (Å²) < 4.78 is 14.5. The molecule has 0 amide bonds. The summed E-state index contributed by atoms with van der Waals surface area (Å²) in [5.41, 5.74) is 3.77. The summed E-state index contributed by atoms with van der Waals surface area (Å²) in [5, 5.41) is 27.6. The van der Waals surface area contributed by atoms with Gasteiger partial charge in [-0.05, 0) is 0 Å². The normalized spacial score (nSPS) is 25.5. The highest BCUT2D eigenvalue weighted by Gasteiger charge is 2.41.